The van der Waals surface area contributed by atoms with Gasteiger partial charge >= 0.3 is 0 Å². The maximum absolute atomic E-state index is 12.3. The summed E-state index contributed by atoms with van der Waals surface area (Å²) in [6.07, 6.45) is 3.16. The molecule has 2 rings (SSSR count). The molecular formula is C17H25N3O. The molecule has 1 amide bonds. The summed E-state index contributed by atoms with van der Waals surface area (Å²) >= 11 is 0. The SMILES string of the molecule is CC(C)CC(C)(CN)NC(=O)Cc1c[nH]c2ccccc12. The summed E-state index contributed by atoms with van der Waals surface area (Å²) < 4.78 is 0. The molecule has 0 saturated heterocycles. The van der Waals surface area contributed by atoms with Crippen LogP contribution in [0, 0.1) is 5.92 Å². The molecular weight excluding hydrogens is 262 g/mol. The van der Waals surface area contributed by atoms with E-state index < -0.39 is 0 Å². The second-order valence-corrected chi connectivity index (χ2v) is 6.45. The molecule has 4 N–H and O–H groups in total. The second-order valence-electron chi connectivity index (χ2n) is 6.45. The Morgan fingerprint density at radius 2 is 2.10 bits per heavy atom. The van der Waals surface area contributed by atoms with Gasteiger partial charge in [-0.05, 0) is 30.9 Å². The molecule has 0 aliphatic carbocycles. The number of amides is 1. The van der Waals surface area contributed by atoms with Crippen LogP contribution in [0.5, 0.6) is 0 Å². The van der Waals surface area contributed by atoms with E-state index in [1.54, 1.807) is 0 Å². The molecule has 0 bridgehead atoms. The van der Waals surface area contributed by atoms with Gasteiger partial charge in [-0.3, -0.25) is 4.79 Å². The Bertz CT molecular complexity index is 617. The number of nitrogens with one attached hydrogen (secondary N) is 2. The van der Waals surface area contributed by atoms with Crippen molar-refractivity contribution in [3.8, 4) is 0 Å². The molecule has 0 saturated carbocycles. The zero-order valence-electron chi connectivity index (χ0n) is 13.1. The largest absolute Gasteiger partial charge is 0.361 e. The zero-order valence-corrected chi connectivity index (χ0v) is 13.1. The van der Waals surface area contributed by atoms with Gasteiger partial charge in [0, 0.05) is 29.2 Å². The highest BCUT2D eigenvalue weighted by molar-refractivity contribution is 5.89. The fraction of sp³-hybridized carbons (Fsp3) is 0.471. The number of H-pyrrole nitrogens is 1. The topological polar surface area (TPSA) is 70.9 Å². The van der Waals surface area contributed by atoms with Crippen molar-refractivity contribution in [1.82, 2.24) is 10.3 Å². The van der Waals surface area contributed by atoms with Crippen molar-refractivity contribution in [3.05, 3.63) is 36.0 Å². The molecule has 0 fully saturated rings. The number of para-hydroxylation sites is 1. The molecule has 2 aromatic rings. The van der Waals surface area contributed by atoms with E-state index in [9.17, 15) is 4.79 Å². The standard InChI is InChI=1S/C17H25N3O/c1-12(2)9-17(3,11-18)20-16(21)8-13-10-19-15-7-5-4-6-14(13)15/h4-7,10,12,19H,8-9,11,18H2,1-3H3,(H,20,21). The third-order valence-electron chi connectivity index (χ3n) is 3.78. The number of hydrogen-bond acceptors (Lipinski definition) is 2. The molecule has 21 heavy (non-hydrogen) atoms. The van der Waals surface area contributed by atoms with Crippen LogP contribution in [0.25, 0.3) is 10.9 Å². The number of fused-ring (bicyclic) bond motifs is 1. The summed E-state index contributed by atoms with van der Waals surface area (Å²) in [6.45, 7) is 6.74. The number of rotatable bonds is 6. The van der Waals surface area contributed by atoms with Crippen LogP contribution in [0.2, 0.25) is 0 Å². The lowest BCUT2D eigenvalue weighted by Gasteiger charge is -2.31. The highest BCUT2D eigenvalue weighted by Crippen LogP contribution is 2.19. The minimum Gasteiger partial charge on any atom is -0.361 e. The Morgan fingerprint density at radius 1 is 1.38 bits per heavy atom. The Hall–Kier alpha value is -1.81. The smallest absolute Gasteiger partial charge is 0.224 e. The van der Waals surface area contributed by atoms with Crippen LogP contribution in [-0.4, -0.2) is 23.0 Å². The Kier molecular flexibility index (Phi) is 4.68. The van der Waals surface area contributed by atoms with Crippen molar-refractivity contribution in [2.75, 3.05) is 6.54 Å². The van der Waals surface area contributed by atoms with Crippen LogP contribution < -0.4 is 11.1 Å². The molecule has 1 unspecified atom stereocenters. The van der Waals surface area contributed by atoms with Gasteiger partial charge in [0.25, 0.3) is 0 Å². The van der Waals surface area contributed by atoms with Crippen LogP contribution >= 0.6 is 0 Å². The van der Waals surface area contributed by atoms with Gasteiger partial charge in [0.05, 0.1) is 6.42 Å². The number of carbonyl (C=O) groups is 1. The maximum atomic E-state index is 12.3. The molecule has 1 atom stereocenters. The molecule has 1 heterocycles. The summed E-state index contributed by atoms with van der Waals surface area (Å²) in [4.78, 5) is 15.5. The average Bonchev–Trinajstić information content (AvgIpc) is 2.81. The van der Waals surface area contributed by atoms with Crippen molar-refractivity contribution < 1.29 is 4.79 Å². The number of nitrogens with two attached hydrogens (primary N) is 1. The van der Waals surface area contributed by atoms with Gasteiger partial charge in [0.2, 0.25) is 5.91 Å². The number of benzene rings is 1. The van der Waals surface area contributed by atoms with Crippen molar-refractivity contribution >= 4 is 16.8 Å². The molecule has 0 radical (unpaired) electrons. The quantitative estimate of drug-likeness (QED) is 0.764. The molecule has 0 spiro atoms. The first-order valence-corrected chi connectivity index (χ1v) is 7.49. The van der Waals surface area contributed by atoms with Crippen molar-refractivity contribution in [3.63, 3.8) is 0 Å². The highest BCUT2D eigenvalue weighted by Gasteiger charge is 2.26. The molecule has 0 aliphatic heterocycles. The monoisotopic (exact) mass is 287 g/mol. The zero-order chi connectivity index (χ0) is 15.5. The first-order valence-electron chi connectivity index (χ1n) is 7.49. The second kappa shape index (κ2) is 6.31. The van der Waals surface area contributed by atoms with Crippen LogP contribution in [0.15, 0.2) is 30.5 Å². The highest BCUT2D eigenvalue weighted by atomic mass is 16.1. The average molecular weight is 287 g/mol. The van der Waals surface area contributed by atoms with Crippen LogP contribution in [-0.2, 0) is 11.2 Å². The van der Waals surface area contributed by atoms with Crippen molar-refractivity contribution in [1.29, 1.82) is 0 Å². The predicted octanol–water partition coefficient (Wildman–Crippen LogP) is 2.59. The fourth-order valence-corrected chi connectivity index (χ4v) is 2.92. The minimum atomic E-state index is -0.336. The van der Waals surface area contributed by atoms with E-state index in [0.717, 1.165) is 22.9 Å². The maximum Gasteiger partial charge on any atom is 0.224 e. The Morgan fingerprint density at radius 3 is 2.76 bits per heavy atom. The molecule has 0 aliphatic rings. The van der Waals surface area contributed by atoms with Gasteiger partial charge in [-0.2, -0.15) is 0 Å². The van der Waals surface area contributed by atoms with Gasteiger partial charge in [0.1, 0.15) is 0 Å². The molecule has 4 heteroatoms. The van der Waals surface area contributed by atoms with E-state index >= 15 is 0 Å². The predicted molar refractivity (Wildman–Crippen MR) is 87.1 cm³/mol. The number of carbonyl (C=O) groups excluding carboxylic acids is 1. The summed E-state index contributed by atoms with van der Waals surface area (Å²) in [7, 11) is 0. The van der Waals surface area contributed by atoms with Gasteiger partial charge in [0.15, 0.2) is 0 Å². The van der Waals surface area contributed by atoms with Crippen molar-refractivity contribution in [2.45, 2.75) is 39.2 Å². The normalized spacial score (nSPS) is 14.3. The van der Waals surface area contributed by atoms with Crippen LogP contribution in [0.4, 0.5) is 0 Å². The van der Waals surface area contributed by atoms with E-state index in [4.69, 9.17) is 5.73 Å². The van der Waals surface area contributed by atoms with E-state index in [1.165, 1.54) is 0 Å². The van der Waals surface area contributed by atoms with Gasteiger partial charge < -0.3 is 16.0 Å². The lowest BCUT2D eigenvalue weighted by Crippen LogP contribution is -2.52. The van der Waals surface area contributed by atoms with Gasteiger partial charge in [-0.25, -0.2) is 0 Å². The first-order chi connectivity index (χ1) is 9.93. The first kappa shape index (κ1) is 15.6. The van der Waals surface area contributed by atoms with Gasteiger partial charge in [-0.1, -0.05) is 32.0 Å². The van der Waals surface area contributed by atoms with Gasteiger partial charge in [-0.15, -0.1) is 0 Å². The third-order valence-corrected chi connectivity index (χ3v) is 3.78. The summed E-state index contributed by atoms with van der Waals surface area (Å²) in [5.41, 5.74) is 7.59. The molecule has 1 aromatic carbocycles. The molecule has 4 nitrogen and oxygen atoms in total. The van der Waals surface area contributed by atoms with Crippen LogP contribution in [0.3, 0.4) is 0 Å². The third kappa shape index (κ3) is 3.85. The van der Waals surface area contributed by atoms with E-state index in [2.05, 4.69) is 24.1 Å². The lowest BCUT2D eigenvalue weighted by molar-refractivity contribution is -0.122. The summed E-state index contributed by atoms with van der Waals surface area (Å²) in [5, 5.41) is 4.20. The fourth-order valence-electron chi connectivity index (χ4n) is 2.92. The van der Waals surface area contributed by atoms with E-state index in [1.807, 2.05) is 37.4 Å². The lowest BCUT2D eigenvalue weighted by atomic mass is 9.90. The van der Waals surface area contributed by atoms with E-state index in [0.29, 0.717) is 18.9 Å². The molecule has 114 valence electrons. The number of aromatic amines is 1. The number of aromatic nitrogens is 1. The Balaban J connectivity index is 2.07. The van der Waals surface area contributed by atoms with Crippen molar-refractivity contribution in [2.24, 2.45) is 11.7 Å². The molecule has 1 aromatic heterocycles. The summed E-state index contributed by atoms with van der Waals surface area (Å²) in [6, 6.07) is 8.02. The summed E-state index contributed by atoms with van der Waals surface area (Å²) in [5.74, 6) is 0.514. The Labute approximate surface area is 126 Å². The minimum absolute atomic E-state index is 0.0216. The number of hydrogen-bond donors (Lipinski definition) is 3. The van der Waals surface area contributed by atoms with Crippen LogP contribution in [0.1, 0.15) is 32.8 Å². The van der Waals surface area contributed by atoms with E-state index in [-0.39, 0.29) is 11.4 Å².